The number of carbonyl (C=O) groups excluding carboxylic acids is 2. The van der Waals surface area contributed by atoms with E-state index in [1.165, 1.54) is 6.92 Å². The van der Waals surface area contributed by atoms with Gasteiger partial charge in [-0.3, -0.25) is 9.59 Å². The Morgan fingerprint density at radius 2 is 1.78 bits per heavy atom. The van der Waals surface area contributed by atoms with E-state index in [9.17, 15) is 35.1 Å². The Morgan fingerprint density at radius 3 is 2.41 bits per heavy atom. The number of allylic oxidation sites excluding steroid dienone is 1. The quantitative estimate of drug-likeness (QED) is 0.335. The third-order valence-corrected chi connectivity index (χ3v) is 10.9. The number of rotatable bonds is 6. The zero-order valence-corrected chi connectivity index (χ0v) is 23.2. The molecule has 0 heterocycles. The third kappa shape index (κ3) is 4.41. The predicted molar refractivity (Wildman–Crippen MR) is 136 cm³/mol. The summed E-state index contributed by atoms with van der Waals surface area (Å²) >= 11 is 0. The number of hydrogen-bond donors (Lipinski definition) is 5. The van der Waals surface area contributed by atoms with Crippen molar-refractivity contribution >= 4 is 11.8 Å². The lowest BCUT2D eigenvalue weighted by atomic mass is 9.45. The lowest BCUT2D eigenvalue weighted by molar-refractivity contribution is -0.178. The fourth-order valence-corrected chi connectivity index (χ4v) is 8.76. The minimum atomic E-state index is -1.50. The summed E-state index contributed by atoms with van der Waals surface area (Å²) in [6.07, 6.45) is 1.94. The number of ketones is 1. The summed E-state index contributed by atoms with van der Waals surface area (Å²) in [4.78, 5) is 24.7. The fourth-order valence-electron chi connectivity index (χ4n) is 8.76. The maximum absolute atomic E-state index is 13.3. The van der Waals surface area contributed by atoms with E-state index < -0.39 is 63.8 Å². The molecule has 0 spiro atoms. The minimum Gasteiger partial charge on any atom is -0.460 e. The van der Waals surface area contributed by atoms with Crippen LogP contribution >= 0.6 is 0 Å². The predicted octanol–water partition coefficient (Wildman–Crippen LogP) is 2.42. The Labute approximate surface area is 220 Å². The Balaban J connectivity index is 1.60. The minimum absolute atomic E-state index is 0.103. The van der Waals surface area contributed by atoms with Gasteiger partial charge in [0.2, 0.25) is 0 Å². The molecule has 0 saturated heterocycles. The SMILES string of the molecule is CC(=O)OC(C)(C)CCC(O)C(C)(O)C1CCC2(O)C3=CC(=O)C4CC(O)C(O)CC4(C)C3CCC12C. The van der Waals surface area contributed by atoms with Gasteiger partial charge in [-0.15, -0.1) is 0 Å². The van der Waals surface area contributed by atoms with Gasteiger partial charge in [-0.25, -0.2) is 0 Å². The number of fused-ring (bicyclic) bond motifs is 5. The molecule has 0 amide bonds. The monoisotopic (exact) mass is 522 g/mol. The van der Waals surface area contributed by atoms with Crippen LogP contribution in [0.4, 0.5) is 0 Å². The van der Waals surface area contributed by atoms with E-state index in [4.69, 9.17) is 4.74 Å². The molecule has 0 aliphatic heterocycles. The molecule has 0 aromatic rings. The van der Waals surface area contributed by atoms with Crippen molar-refractivity contribution in [3.63, 3.8) is 0 Å². The first-order valence-electron chi connectivity index (χ1n) is 13.8. The van der Waals surface area contributed by atoms with Crippen LogP contribution in [0.2, 0.25) is 0 Å². The lowest BCUT2D eigenvalue weighted by Gasteiger charge is -2.60. The number of esters is 1. The molecular formula is C29H46O8. The molecule has 5 N–H and O–H groups in total. The molecule has 0 radical (unpaired) electrons. The van der Waals surface area contributed by atoms with Crippen molar-refractivity contribution in [2.24, 2.45) is 28.6 Å². The second kappa shape index (κ2) is 9.12. The van der Waals surface area contributed by atoms with Crippen molar-refractivity contribution in [3.8, 4) is 0 Å². The van der Waals surface area contributed by atoms with Gasteiger partial charge in [0.15, 0.2) is 5.78 Å². The fraction of sp³-hybridized carbons (Fsp3) is 0.862. The largest absolute Gasteiger partial charge is 0.460 e. The van der Waals surface area contributed by atoms with E-state index >= 15 is 0 Å². The molecule has 4 aliphatic rings. The zero-order chi connectivity index (χ0) is 27.8. The number of carbonyl (C=O) groups is 2. The molecule has 4 aliphatic carbocycles. The summed E-state index contributed by atoms with van der Waals surface area (Å²) in [5.74, 6) is -1.43. The summed E-state index contributed by atoms with van der Waals surface area (Å²) in [5.41, 5.74) is -4.22. The maximum atomic E-state index is 13.3. The first-order chi connectivity index (χ1) is 16.9. The van der Waals surface area contributed by atoms with Gasteiger partial charge in [0.25, 0.3) is 0 Å². The molecule has 37 heavy (non-hydrogen) atoms. The van der Waals surface area contributed by atoms with E-state index in [1.54, 1.807) is 26.8 Å². The molecule has 3 saturated carbocycles. The molecule has 10 unspecified atom stereocenters. The molecule has 10 atom stereocenters. The number of ether oxygens (including phenoxy) is 1. The lowest BCUT2D eigenvalue weighted by Crippen LogP contribution is -2.62. The average Bonchev–Trinajstić information content (AvgIpc) is 3.05. The summed E-state index contributed by atoms with van der Waals surface area (Å²) in [6.45, 7) is 10.5. The number of aliphatic hydroxyl groups is 5. The van der Waals surface area contributed by atoms with E-state index in [1.807, 2.05) is 13.8 Å². The molecule has 0 aromatic heterocycles. The van der Waals surface area contributed by atoms with Gasteiger partial charge >= 0.3 is 5.97 Å². The molecule has 8 heteroatoms. The van der Waals surface area contributed by atoms with Gasteiger partial charge < -0.3 is 30.3 Å². The van der Waals surface area contributed by atoms with Crippen molar-refractivity contribution in [2.75, 3.05) is 0 Å². The Hall–Kier alpha value is -1.32. The standard InChI is InChI=1S/C29H46O8/c1-16(30)37-25(2,3)10-9-24(34)28(6,35)23-8-12-29(36)18-13-20(31)19-14-21(32)22(33)15-26(19,4)17(18)7-11-27(23,29)5/h13,17,19,21-24,32-36H,7-12,14-15H2,1-6H3. The highest BCUT2D eigenvalue weighted by molar-refractivity contribution is 5.95. The van der Waals surface area contributed by atoms with Crippen molar-refractivity contribution in [3.05, 3.63) is 11.6 Å². The highest BCUT2D eigenvalue weighted by Crippen LogP contribution is 2.68. The topological polar surface area (TPSA) is 145 Å². The van der Waals surface area contributed by atoms with Crippen LogP contribution in [-0.2, 0) is 14.3 Å². The van der Waals surface area contributed by atoms with Gasteiger partial charge in [-0.1, -0.05) is 13.8 Å². The van der Waals surface area contributed by atoms with Crippen LogP contribution in [0, 0.1) is 28.6 Å². The molecule has 210 valence electrons. The maximum Gasteiger partial charge on any atom is 0.303 e. The van der Waals surface area contributed by atoms with Gasteiger partial charge in [0.05, 0.1) is 29.5 Å². The normalized spacial score (nSPS) is 44.1. The molecule has 3 fully saturated rings. The van der Waals surface area contributed by atoms with Gasteiger partial charge in [-0.2, -0.15) is 0 Å². The van der Waals surface area contributed by atoms with Crippen LogP contribution < -0.4 is 0 Å². The zero-order valence-electron chi connectivity index (χ0n) is 23.2. The van der Waals surface area contributed by atoms with Crippen LogP contribution in [0.1, 0.15) is 92.9 Å². The second-order valence-corrected chi connectivity index (χ2v) is 13.7. The molecular weight excluding hydrogens is 476 g/mol. The van der Waals surface area contributed by atoms with E-state index in [2.05, 4.69) is 0 Å². The second-order valence-electron chi connectivity index (χ2n) is 13.7. The smallest absolute Gasteiger partial charge is 0.303 e. The molecule has 0 bridgehead atoms. The van der Waals surface area contributed by atoms with E-state index in [0.29, 0.717) is 44.1 Å². The highest BCUT2D eigenvalue weighted by atomic mass is 16.6. The molecule has 8 nitrogen and oxygen atoms in total. The van der Waals surface area contributed by atoms with Gasteiger partial charge in [-0.05, 0) is 101 Å². The third-order valence-electron chi connectivity index (χ3n) is 10.9. The summed E-state index contributed by atoms with van der Waals surface area (Å²) in [6, 6.07) is 0. The first kappa shape index (κ1) is 28.7. The molecule has 0 aromatic carbocycles. The molecule has 4 rings (SSSR count). The van der Waals surface area contributed by atoms with Crippen LogP contribution in [-0.4, -0.2) is 72.4 Å². The van der Waals surface area contributed by atoms with Crippen molar-refractivity contribution in [1.29, 1.82) is 0 Å². The van der Waals surface area contributed by atoms with Crippen LogP contribution in [0.5, 0.6) is 0 Å². The summed E-state index contributed by atoms with van der Waals surface area (Å²) in [7, 11) is 0. The summed E-state index contributed by atoms with van der Waals surface area (Å²) < 4.78 is 5.34. The van der Waals surface area contributed by atoms with E-state index in [-0.39, 0.29) is 24.5 Å². The Bertz CT molecular complexity index is 971. The van der Waals surface area contributed by atoms with E-state index in [0.717, 1.165) is 0 Å². The van der Waals surface area contributed by atoms with Crippen molar-refractivity contribution in [1.82, 2.24) is 0 Å². The van der Waals surface area contributed by atoms with Crippen LogP contribution in [0.25, 0.3) is 0 Å². The first-order valence-corrected chi connectivity index (χ1v) is 13.8. The van der Waals surface area contributed by atoms with Crippen molar-refractivity contribution < 1.29 is 39.9 Å². The Kier molecular flexibility index (Phi) is 7.07. The number of aliphatic hydroxyl groups excluding tert-OH is 3. The van der Waals surface area contributed by atoms with Crippen LogP contribution in [0.15, 0.2) is 11.6 Å². The van der Waals surface area contributed by atoms with Gasteiger partial charge in [0.1, 0.15) is 5.60 Å². The van der Waals surface area contributed by atoms with Crippen LogP contribution in [0.3, 0.4) is 0 Å². The average molecular weight is 523 g/mol. The summed E-state index contributed by atoms with van der Waals surface area (Å²) in [5, 5.41) is 55.9. The van der Waals surface area contributed by atoms with Gasteiger partial charge in [0, 0.05) is 18.3 Å². The van der Waals surface area contributed by atoms with Crippen molar-refractivity contribution in [2.45, 2.75) is 128 Å². The number of hydrogen-bond acceptors (Lipinski definition) is 8. The Morgan fingerprint density at radius 1 is 1.14 bits per heavy atom. The highest BCUT2D eigenvalue weighted by Gasteiger charge is 2.69.